The van der Waals surface area contributed by atoms with E-state index in [1.165, 1.54) is 20.4 Å². The van der Waals surface area contributed by atoms with Gasteiger partial charge in [-0.05, 0) is 7.05 Å². The average molecular weight is 269 g/mol. The summed E-state index contributed by atoms with van der Waals surface area (Å²) >= 11 is 0. The van der Waals surface area contributed by atoms with Crippen molar-refractivity contribution in [3.63, 3.8) is 0 Å². The Morgan fingerprint density at radius 2 is 2.26 bits per heavy atom. The summed E-state index contributed by atoms with van der Waals surface area (Å²) in [6.45, 7) is 2.08. The van der Waals surface area contributed by atoms with Gasteiger partial charge in [0.05, 0.1) is 27.0 Å². The van der Waals surface area contributed by atoms with E-state index in [9.17, 15) is 5.11 Å². The minimum Gasteiger partial charge on any atom is -0.480 e. The molecule has 0 aliphatic carbocycles. The lowest BCUT2D eigenvalue weighted by molar-refractivity contribution is -0.0864. The van der Waals surface area contributed by atoms with Crippen LogP contribution in [0.3, 0.4) is 0 Å². The number of rotatable bonds is 4. The molecular formula is C12H19N3O4. The van der Waals surface area contributed by atoms with Crippen LogP contribution in [0.5, 0.6) is 11.8 Å². The molecule has 0 amide bonds. The van der Waals surface area contributed by atoms with Gasteiger partial charge < -0.3 is 24.2 Å². The third-order valence-electron chi connectivity index (χ3n) is 3.08. The highest BCUT2D eigenvalue weighted by atomic mass is 16.5. The van der Waals surface area contributed by atoms with Crippen molar-refractivity contribution < 1.29 is 19.3 Å². The van der Waals surface area contributed by atoms with E-state index in [1.54, 1.807) is 0 Å². The van der Waals surface area contributed by atoms with Gasteiger partial charge in [0.15, 0.2) is 0 Å². The van der Waals surface area contributed by atoms with E-state index in [1.807, 2.05) is 7.05 Å². The van der Waals surface area contributed by atoms with Crippen LogP contribution < -0.4 is 9.47 Å². The monoisotopic (exact) mass is 269 g/mol. The van der Waals surface area contributed by atoms with Crippen molar-refractivity contribution in [2.24, 2.45) is 0 Å². The fraction of sp³-hybridized carbons (Fsp3) is 0.667. The smallest absolute Gasteiger partial charge is 0.241 e. The zero-order valence-electron chi connectivity index (χ0n) is 11.4. The van der Waals surface area contributed by atoms with Gasteiger partial charge in [-0.15, -0.1) is 0 Å². The van der Waals surface area contributed by atoms with Crippen molar-refractivity contribution in [2.45, 2.75) is 12.2 Å². The number of hydrogen-bond donors (Lipinski definition) is 1. The summed E-state index contributed by atoms with van der Waals surface area (Å²) in [5.41, 5.74) is 0.364. The minimum atomic E-state index is -0.879. The fourth-order valence-electron chi connectivity index (χ4n) is 2.00. The van der Waals surface area contributed by atoms with Gasteiger partial charge in [-0.3, -0.25) is 0 Å². The molecule has 1 aromatic heterocycles. The summed E-state index contributed by atoms with van der Waals surface area (Å²) in [5.74, 6) is 0.596. The van der Waals surface area contributed by atoms with Gasteiger partial charge in [-0.2, -0.15) is 4.98 Å². The molecule has 0 radical (unpaired) electrons. The SMILES string of the molecule is COc1cnc(C(O)C2CN(C)CCO2)c(OC)n1. The van der Waals surface area contributed by atoms with Gasteiger partial charge in [0.25, 0.3) is 0 Å². The van der Waals surface area contributed by atoms with Gasteiger partial charge >= 0.3 is 0 Å². The average Bonchev–Trinajstić information content (AvgIpc) is 2.45. The Morgan fingerprint density at radius 3 is 2.89 bits per heavy atom. The first-order chi connectivity index (χ1) is 9.15. The highest BCUT2D eigenvalue weighted by Gasteiger charge is 2.30. The molecule has 1 fully saturated rings. The molecule has 19 heavy (non-hydrogen) atoms. The number of likely N-dealkylation sites (N-methyl/N-ethyl adjacent to an activating group) is 1. The lowest BCUT2D eigenvalue weighted by Gasteiger charge is -2.32. The maximum atomic E-state index is 10.4. The molecule has 2 rings (SSSR count). The first kappa shape index (κ1) is 14.0. The number of morpholine rings is 1. The molecule has 2 atom stereocenters. The Labute approximate surface area is 112 Å². The van der Waals surface area contributed by atoms with E-state index < -0.39 is 6.10 Å². The summed E-state index contributed by atoms with van der Waals surface area (Å²) in [5, 5.41) is 10.4. The summed E-state index contributed by atoms with van der Waals surface area (Å²) < 4.78 is 15.7. The first-order valence-electron chi connectivity index (χ1n) is 6.08. The Hall–Kier alpha value is -1.44. The predicted molar refractivity (Wildman–Crippen MR) is 67.3 cm³/mol. The second-order valence-corrected chi connectivity index (χ2v) is 4.42. The summed E-state index contributed by atoms with van der Waals surface area (Å²) in [6, 6.07) is 0. The highest BCUT2D eigenvalue weighted by molar-refractivity contribution is 5.25. The zero-order valence-corrected chi connectivity index (χ0v) is 11.4. The van der Waals surface area contributed by atoms with E-state index in [-0.39, 0.29) is 12.0 Å². The Balaban J connectivity index is 2.20. The van der Waals surface area contributed by atoms with E-state index in [0.29, 0.717) is 24.7 Å². The molecule has 0 bridgehead atoms. The maximum Gasteiger partial charge on any atom is 0.241 e. The number of aliphatic hydroxyl groups is 1. The van der Waals surface area contributed by atoms with Crippen LogP contribution in [0.25, 0.3) is 0 Å². The molecule has 1 saturated heterocycles. The normalized spacial score (nSPS) is 22.0. The summed E-state index contributed by atoms with van der Waals surface area (Å²) in [7, 11) is 4.96. The number of nitrogens with zero attached hydrogens (tertiary/aromatic N) is 3. The van der Waals surface area contributed by atoms with E-state index in [4.69, 9.17) is 14.2 Å². The van der Waals surface area contributed by atoms with Crippen molar-refractivity contribution in [3.05, 3.63) is 11.9 Å². The molecule has 1 N–H and O–H groups in total. The first-order valence-corrected chi connectivity index (χ1v) is 6.08. The van der Waals surface area contributed by atoms with Crippen LogP contribution in [0, 0.1) is 0 Å². The Kier molecular flexibility index (Phi) is 4.52. The molecule has 2 heterocycles. The number of hydrogen-bond acceptors (Lipinski definition) is 7. The molecule has 0 spiro atoms. The van der Waals surface area contributed by atoms with Crippen LogP contribution in [0.15, 0.2) is 6.20 Å². The Bertz CT molecular complexity index is 429. The largest absolute Gasteiger partial charge is 0.480 e. The number of aromatic nitrogens is 2. The van der Waals surface area contributed by atoms with Crippen molar-refractivity contribution in [1.82, 2.24) is 14.9 Å². The highest BCUT2D eigenvalue weighted by Crippen LogP contribution is 2.27. The number of methoxy groups -OCH3 is 2. The molecule has 0 saturated carbocycles. The van der Waals surface area contributed by atoms with Gasteiger partial charge in [0.1, 0.15) is 17.9 Å². The molecule has 7 heteroatoms. The molecule has 1 aliphatic rings. The Morgan fingerprint density at radius 1 is 1.47 bits per heavy atom. The fourth-order valence-corrected chi connectivity index (χ4v) is 2.00. The maximum absolute atomic E-state index is 10.4. The second-order valence-electron chi connectivity index (χ2n) is 4.42. The lowest BCUT2D eigenvalue weighted by Crippen LogP contribution is -2.43. The third-order valence-corrected chi connectivity index (χ3v) is 3.08. The van der Waals surface area contributed by atoms with E-state index >= 15 is 0 Å². The van der Waals surface area contributed by atoms with Crippen LogP contribution in [-0.2, 0) is 4.74 Å². The molecular weight excluding hydrogens is 250 g/mol. The van der Waals surface area contributed by atoms with E-state index in [0.717, 1.165) is 6.54 Å². The molecule has 1 aromatic rings. The predicted octanol–water partition coefficient (Wildman–Crippen LogP) is -0.142. The molecule has 1 aliphatic heterocycles. The molecule has 106 valence electrons. The quantitative estimate of drug-likeness (QED) is 0.815. The number of aliphatic hydroxyl groups excluding tert-OH is 1. The van der Waals surface area contributed by atoms with Crippen LogP contribution in [0.4, 0.5) is 0 Å². The lowest BCUT2D eigenvalue weighted by atomic mass is 10.1. The third kappa shape index (κ3) is 3.12. The molecule has 0 aromatic carbocycles. The number of ether oxygens (including phenoxy) is 3. The molecule has 2 unspecified atom stereocenters. The van der Waals surface area contributed by atoms with Crippen molar-refractivity contribution >= 4 is 0 Å². The summed E-state index contributed by atoms with van der Waals surface area (Å²) in [6.07, 6.45) is 0.236. The van der Waals surface area contributed by atoms with Crippen molar-refractivity contribution in [1.29, 1.82) is 0 Å². The zero-order chi connectivity index (χ0) is 13.8. The standard InChI is InChI=1S/C12H19N3O4/c1-15-4-5-19-8(7-15)11(16)10-12(18-3)14-9(17-2)6-13-10/h6,8,11,16H,4-5,7H2,1-3H3. The second kappa shape index (κ2) is 6.14. The topological polar surface area (TPSA) is 76.9 Å². The van der Waals surface area contributed by atoms with Crippen LogP contribution in [0.1, 0.15) is 11.8 Å². The summed E-state index contributed by atoms with van der Waals surface area (Å²) in [4.78, 5) is 10.4. The van der Waals surface area contributed by atoms with Gasteiger partial charge in [0.2, 0.25) is 11.8 Å². The van der Waals surface area contributed by atoms with E-state index in [2.05, 4.69) is 14.9 Å². The van der Waals surface area contributed by atoms with Gasteiger partial charge in [-0.1, -0.05) is 0 Å². The van der Waals surface area contributed by atoms with Gasteiger partial charge in [-0.25, -0.2) is 4.98 Å². The van der Waals surface area contributed by atoms with Crippen molar-refractivity contribution in [2.75, 3.05) is 41.0 Å². The van der Waals surface area contributed by atoms with Crippen molar-refractivity contribution in [3.8, 4) is 11.8 Å². The van der Waals surface area contributed by atoms with Crippen LogP contribution >= 0.6 is 0 Å². The molecule has 7 nitrogen and oxygen atoms in total. The minimum absolute atomic E-state index is 0.253. The van der Waals surface area contributed by atoms with Crippen LogP contribution in [-0.4, -0.2) is 67.0 Å². The van der Waals surface area contributed by atoms with Crippen LogP contribution in [0.2, 0.25) is 0 Å². The van der Waals surface area contributed by atoms with Gasteiger partial charge in [0, 0.05) is 13.1 Å².